The van der Waals surface area contributed by atoms with Gasteiger partial charge in [0.2, 0.25) is 11.8 Å². The second-order valence-corrected chi connectivity index (χ2v) is 9.08. The Hall–Kier alpha value is -4.65. The van der Waals surface area contributed by atoms with Crippen molar-refractivity contribution in [3.05, 3.63) is 84.2 Å². The lowest BCUT2D eigenvalue weighted by Gasteiger charge is -2.13. The molecule has 1 aliphatic carbocycles. The van der Waals surface area contributed by atoms with E-state index in [1.807, 2.05) is 19.1 Å². The molecule has 0 bridgehead atoms. The van der Waals surface area contributed by atoms with Crippen molar-refractivity contribution in [3.8, 4) is 41.2 Å². The third kappa shape index (κ3) is 5.83. The molecule has 1 saturated carbocycles. The molecule has 40 heavy (non-hydrogen) atoms. The molecular formula is C30H30F2N6O2. The first-order valence-electron chi connectivity index (χ1n) is 12.7. The molecule has 10 heteroatoms. The number of terminal acetylenes is 1. The molecule has 206 valence electrons. The molecule has 0 N–H and O–H groups in total. The number of hydrogen-bond donors (Lipinski definition) is 0. The molecule has 8 nitrogen and oxygen atoms in total. The third-order valence-electron chi connectivity index (χ3n) is 6.38. The van der Waals surface area contributed by atoms with Gasteiger partial charge in [-0.25, -0.2) is 19.6 Å². The lowest BCUT2D eigenvalue weighted by molar-refractivity contribution is -0.0131. The van der Waals surface area contributed by atoms with Gasteiger partial charge in [0.25, 0.3) is 5.92 Å². The van der Waals surface area contributed by atoms with Crippen molar-refractivity contribution in [1.82, 2.24) is 29.7 Å². The molecule has 5 rings (SSSR count). The first kappa shape index (κ1) is 28.4. The Morgan fingerprint density at radius 2 is 1.85 bits per heavy atom. The number of hydrogen-bond acceptors (Lipinski definition) is 7. The van der Waals surface area contributed by atoms with E-state index in [1.54, 1.807) is 25.4 Å². The van der Waals surface area contributed by atoms with Gasteiger partial charge in [-0.1, -0.05) is 25.0 Å². The van der Waals surface area contributed by atoms with E-state index < -0.39 is 5.92 Å². The number of aryl methyl sites for hydroxylation is 1. The molecule has 1 aromatic carbocycles. The molecule has 0 atom stereocenters. The van der Waals surface area contributed by atoms with Crippen LogP contribution in [0.1, 0.15) is 60.3 Å². The van der Waals surface area contributed by atoms with E-state index in [-0.39, 0.29) is 24.4 Å². The van der Waals surface area contributed by atoms with Crippen LogP contribution in [0.5, 0.6) is 11.8 Å². The molecule has 0 aliphatic heterocycles. The van der Waals surface area contributed by atoms with Crippen LogP contribution in [0.3, 0.4) is 0 Å². The maximum atomic E-state index is 14.1. The van der Waals surface area contributed by atoms with Crippen LogP contribution in [-0.4, -0.2) is 36.8 Å². The minimum absolute atomic E-state index is 0.232. The molecule has 0 saturated heterocycles. The lowest BCUT2D eigenvalue weighted by atomic mass is 10.1. The molecule has 0 amide bonds. The summed E-state index contributed by atoms with van der Waals surface area (Å²) in [7, 11) is 1.56. The summed E-state index contributed by atoms with van der Waals surface area (Å²) < 4.78 is 41.2. The highest BCUT2D eigenvalue weighted by Crippen LogP contribution is 2.45. The van der Waals surface area contributed by atoms with Crippen molar-refractivity contribution in [2.24, 2.45) is 0 Å². The zero-order valence-electron chi connectivity index (χ0n) is 22.7. The monoisotopic (exact) mass is 544 g/mol. The highest BCUT2D eigenvalue weighted by molar-refractivity contribution is 5.66. The summed E-state index contributed by atoms with van der Waals surface area (Å²) in [6.45, 7) is 9.50. The quantitative estimate of drug-likeness (QED) is 0.184. The Kier molecular flexibility index (Phi) is 8.53. The second kappa shape index (κ2) is 12.0. The second-order valence-electron chi connectivity index (χ2n) is 9.08. The van der Waals surface area contributed by atoms with E-state index in [2.05, 4.69) is 44.1 Å². The van der Waals surface area contributed by atoms with Gasteiger partial charge in [-0.2, -0.15) is 18.9 Å². The van der Waals surface area contributed by atoms with Gasteiger partial charge in [0.1, 0.15) is 29.9 Å². The number of nitrogens with zero attached hydrogens (tertiary/aromatic N) is 6. The van der Waals surface area contributed by atoms with Crippen molar-refractivity contribution in [3.63, 3.8) is 0 Å². The van der Waals surface area contributed by atoms with Crippen LogP contribution in [0.4, 0.5) is 8.78 Å². The Bertz CT molecular complexity index is 1520. The van der Waals surface area contributed by atoms with Crippen LogP contribution < -0.4 is 9.47 Å². The summed E-state index contributed by atoms with van der Waals surface area (Å²) in [4.78, 5) is 17.9. The Morgan fingerprint density at radius 1 is 1.12 bits per heavy atom. The summed E-state index contributed by atoms with van der Waals surface area (Å²) in [6, 6.07) is 8.41. The molecule has 3 aromatic heterocycles. The van der Waals surface area contributed by atoms with Crippen molar-refractivity contribution < 1.29 is 18.3 Å². The van der Waals surface area contributed by atoms with Gasteiger partial charge in [-0.05, 0) is 37.5 Å². The summed E-state index contributed by atoms with van der Waals surface area (Å²) in [5.74, 6) is 1.04. The molecule has 0 spiro atoms. The number of benzene rings is 1. The summed E-state index contributed by atoms with van der Waals surface area (Å²) >= 11 is 0. The van der Waals surface area contributed by atoms with E-state index in [0.29, 0.717) is 34.8 Å². The van der Waals surface area contributed by atoms with E-state index >= 15 is 0 Å². The maximum absolute atomic E-state index is 14.1. The van der Waals surface area contributed by atoms with Crippen molar-refractivity contribution >= 4 is 0 Å². The predicted octanol–water partition coefficient (Wildman–Crippen LogP) is 6.18. The SMILES string of the molecule is C#Cc1cc(C(F)(F)CC)nn1-c1ccc(COc2nc(-c3c(OC)ncnc3C3CC3)ncc2C)cc1.C=C. The minimum atomic E-state index is -3.05. The Balaban J connectivity index is 0.00000181. The minimum Gasteiger partial charge on any atom is -0.480 e. The number of methoxy groups -OCH3 is 1. The molecule has 1 aliphatic rings. The zero-order chi connectivity index (χ0) is 28.9. The number of rotatable bonds is 9. The van der Waals surface area contributed by atoms with E-state index in [9.17, 15) is 8.78 Å². The maximum Gasteiger partial charge on any atom is 0.291 e. The summed E-state index contributed by atoms with van der Waals surface area (Å²) in [5.41, 5.74) is 3.67. The molecule has 0 radical (unpaired) electrons. The van der Waals surface area contributed by atoms with Gasteiger partial charge in [-0.15, -0.1) is 19.6 Å². The Labute approximate surface area is 232 Å². The standard InChI is InChI=1S/C28H26F2N6O2.C2H4/c1-5-20-13-22(28(29,30)6-2)35-36(20)21-11-7-18(8-12-21)15-38-26-17(3)14-31-25(34-26)23-24(19-9-10-19)32-16-33-27(23)37-4;1-2/h1,7-8,11-14,16,19H,6,9-10,15H2,2-4H3;1-2H2. The van der Waals surface area contributed by atoms with Crippen LogP contribution in [0, 0.1) is 19.3 Å². The average molecular weight is 545 g/mol. The largest absolute Gasteiger partial charge is 0.480 e. The van der Waals surface area contributed by atoms with Crippen LogP contribution in [0.2, 0.25) is 0 Å². The normalized spacial score (nSPS) is 12.7. The fourth-order valence-electron chi connectivity index (χ4n) is 4.03. The van der Waals surface area contributed by atoms with Crippen molar-refractivity contribution in [2.75, 3.05) is 7.11 Å². The van der Waals surface area contributed by atoms with Gasteiger partial charge >= 0.3 is 0 Å². The number of halogens is 2. The van der Waals surface area contributed by atoms with Gasteiger partial charge in [0.15, 0.2) is 5.82 Å². The van der Waals surface area contributed by atoms with Crippen LogP contribution >= 0.6 is 0 Å². The molecule has 1 fully saturated rings. The highest BCUT2D eigenvalue weighted by Gasteiger charge is 2.33. The fourth-order valence-corrected chi connectivity index (χ4v) is 4.03. The van der Waals surface area contributed by atoms with E-state index in [1.165, 1.54) is 24.0 Å². The van der Waals surface area contributed by atoms with Crippen LogP contribution in [0.15, 0.2) is 56.0 Å². The van der Waals surface area contributed by atoms with Gasteiger partial charge in [-0.3, -0.25) is 0 Å². The number of aromatic nitrogens is 6. The topological polar surface area (TPSA) is 87.8 Å². The smallest absolute Gasteiger partial charge is 0.291 e. The Morgan fingerprint density at radius 3 is 2.48 bits per heavy atom. The first-order chi connectivity index (χ1) is 19.3. The predicted molar refractivity (Wildman–Crippen MR) is 148 cm³/mol. The first-order valence-corrected chi connectivity index (χ1v) is 12.7. The third-order valence-corrected chi connectivity index (χ3v) is 6.38. The molecule has 3 heterocycles. The molecule has 0 unspecified atom stereocenters. The molecular weight excluding hydrogens is 514 g/mol. The van der Waals surface area contributed by atoms with Crippen LogP contribution in [-0.2, 0) is 12.5 Å². The van der Waals surface area contributed by atoms with Crippen LogP contribution in [0.25, 0.3) is 17.1 Å². The lowest BCUT2D eigenvalue weighted by Crippen LogP contribution is -2.13. The van der Waals surface area contributed by atoms with Crippen molar-refractivity contribution in [1.29, 1.82) is 0 Å². The average Bonchev–Trinajstić information content (AvgIpc) is 3.75. The molecule has 4 aromatic rings. The van der Waals surface area contributed by atoms with Crippen molar-refractivity contribution in [2.45, 2.75) is 51.6 Å². The highest BCUT2D eigenvalue weighted by atomic mass is 19.3. The van der Waals surface area contributed by atoms with E-state index in [0.717, 1.165) is 29.7 Å². The summed E-state index contributed by atoms with van der Waals surface area (Å²) in [5, 5.41) is 4.06. The number of ether oxygens (including phenoxy) is 2. The summed E-state index contributed by atoms with van der Waals surface area (Å²) in [6.07, 6.45) is 10.5. The van der Waals surface area contributed by atoms with E-state index in [4.69, 9.17) is 15.9 Å². The fraction of sp³-hybridized carbons (Fsp3) is 0.300. The number of alkyl halides is 2. The van der Waals surface area contributed by atoms with Gasteiger partial charge in [0, 0.05) is 30.2 Å². The zero-order valence-corrected chi connectivity index (χ0v) is 22.7. The van der Waals surface area contributed by atoms with Gasteiger partial charge in [0.05, 0.1) is 18.5 Å². The van der Waals surface area contributed by atoms with Gasteiger partial charge < -0.3 is 9.47 Å².